The zero-order valence-corrected chi connectivity index (χ0v) is 15.9. The number of nitrogens with zero attached hydrogens (tertiary/aromatic N) is 1. The second-order valence-corrected chi connectivity index (χ2v) is 6.11. The van der Waals surface area contributed by atoms with Crippen LogP contribution in [-0.2, 0) is 4.79 Å². The normalized spacial score (nSPS) is 22.2. The summed E-state index contributed by atoms with van der Waals surface area (Å²) in [5, 5.41) is 12.6. The number of carbonyl (C=O) groups is 1. The van der Waals surface area contributed by atoms with E-state index in [9.17, 15) is 9.90 Å². The van der Waals surface area contributed by atoms with Crippen LogP contribution in [0.3, 0.4) is 0 Å². The molecule has 1 fully saturated rings. The second kappa shape index (κ2) is 10.8. The van der Waals surface area contributed by atoms with Crippen molar-refractivity contribution in [2.75, 3.05) is 24.5 Å². The zero-order valence-electron chi connectivity index (χ0n) is 14.3. The van der Waals surface area contributed by atoms with Crippen LogP contribution in [0.1, 0.15) is 25.3 Å². The highest BCUT2D eigenvalue weighted by Gasteiger charge is 2.34. The molecule has 0 radical (unpaired) electrons. The van der Waals surface area contributed by atoms with Gasteiger partial charge in [-0.1, -0.05) is 12.1 Å². The first-order chi connectivity index (χ1) is 10.5. The molecule has 0 unspecified atom stereocenters. The first-order valence-electron chi connectivity index (χ1n) is 8.04. The van der Waals surface area contributed by atoms with Gasteiger partial charge in [0.1, 0.15) is 0 Å². The van der Waals surface area contributed by atoms with E-state index in [1.165, 1.54) is 11.3 Å². The number of carbonyl (C=O) groups excluding carboxylic acids is 1. The van der Waals surface area contributed by atoms with E-state index in [-0.39, 0.29) is 42.7 Å². The molecule has 1 aliphatic carbocycles. The topological polar surface area (TPSA) is 78.6 Å². The Balaban J connectivity index is 0.00000264. The molecule has 1 aliphatic rings. The van der Waals surface area contributed by atoms with E-state index >= 15 is 0 Å². The molecule has 4 N–H and O–H groups in total. The number of nitrogens with two attached hydrogens (primary N) is 1. The number of aryl methyl sites for hydroxylation is 1. The number of hydrogen-bond donors (Lipinski definition) is 3. The average Bonchev–Trinajstić information content (AvgIpc) is 2.83. The molecule has 0 bridgehead atoms. The Bertz CT molecular complexity index is 506. The standard InChI is InChI=1S/C17H27N3O2.2ClH/c1-3-20(14-6-4-5-12(2)9-14)8-7-19-17(22)13-10-15(18)16(21)11-13;;/h4-6,9,13,15-16,21H,3,7-8,10-11,18H2,1-2H3,(H,19,22);2*1H/t13-,15+,16+;;/m0../s1. The first kappa shape index (κ1) is 23.0. The van der Waals surface area contributed by atoms with Gasteiger partial charge in [-0.15, -0.1) is 24.8 Å². The Morgan fingerprint density at radius 2 is 2.08 bits per heavy atom. The summed E-state index contributed by atoms with van der Waals surface area (Å²) in [7, 11) is 0. The van der Waals surface area contributed by atoms with Crippen LogP contribution >= 0.6 is 24.8 Å². The smallest absolute Gasteiger partial charge is 0.223 e. The Morgan fingerprint density at radius 3 is 2.62 bits per heavy atom. The summed E-state index contributed by atoms with van der Waals surface area (Å²) in [6.07, 6.45) is 0.500. The molecule has 0 aromatic heterocycles. The van der Waals surface area contributed by atoms with E-state index in [0.717, 1.165) is 13.1 Å². The summed E-state index contributed by atoms with van der Waals surface area (Å²) < 4.78 is 0. The quantitative estimate of drug-likeness (QED) is 0.706. The van der Waals surface area contributed by atoms with Crippen molar-refractivity contribution in [2.45, 2.75) is 38.8 Å². The maximum atomic E-state index is 12.1. The molecule has 7 heteroatoms. The average molecular weight is 378 g/mol. The molecule has 0 spiro atoms. The number of aliphatic hydroxyl groups excluding tert-OH is 1. The van der Waals surface area contributed by atoms with Gasteiger partial charge in [0.25, 0.3) is 0 Å². The lowest BCUT2D eigenvalue weighted by Crippen LogP contribution is -2.37. The van der Waals surface area contributed by atoms with Crippen molar-refractivity contribution in [3.63, 3.8) is 0 Å². The minimum atomic E-state index is -0.546. The van der Waals surface area contributed by atoms with Crippen LogP contribution in [0, 0.1) is 12.8 Å². The monoisotopic (exact) mass is 377 g/mol. The lowest BCUT2D eigenvalue weighted by atomic mass is 10.1. The molecule has 0 aliphatic heterocycles. The van der Waals surface area contributed by atoms with Crippen LogP contribution < -0.4 is 16.0 Å². The molecule has 1 aromatic carbocycles. The van der Waals surface area contributed by atoms with E-state index < -0.39 is 6.10 Å². The van der Waals surface area contributed by atoms with Gasteiger partial charge in [-0.05, 0) is 44.4 Å². The van der Waals surface area contributed by atoms with Gasteiger partial charge in [0.2, 0.25) is 5.91 Å². The molecule has 1 saturated carbocycles. The summed E-state index contributed by atoms with van der Waals surface area (Å²) in [6.45, 7) is 6.45. The molecule has 24 heavy (non-hydrogen) atoms. The number of aliphatic hydroxyl groups is 1. The van der Waals surface area contributed by atoms with E-state index in [4.69, 9.17) is 5.73 Å². The number of halogens is 2. The van der Waals surface area contributed by atoms with Gasteiger partial charge in [-0.25, -0.2) is 0 Å². The van der Waals surface area contributed by atoms with Crippen LogP contribution in [0.2, 0.25) is 0 Å². The van der Waals surface area contributed by atoms with E-state index in [1.54, 1.807) is 0 Å². The third-order valence-electron chi connectivity index (χ3n) is 4.38. The highest BCUT2D eigenvalue weighted by atomic mass is 35.5. The number of rotatable bonds is 6. The predicted octanol–water partition coefficient (Wildman–Crippen LogP) is 1.88. The Kier molecular flexibility index (Phi) is 10.3. The molecule has 5 nitrogen and oxygen atoms in total. The van der Waals surface area contributed by atoms with Gasteiger partial charge in [0.05, 0.1) is 6.10 Å². The highest BCUT2D eigenvalue weighted by Crippen LogP contribution is 2.24. The van der Waals surface area contributed by atoms with E-state index in [0.29, 0.717) is 19.4 Å². The summed E-state index contributed by atoms with van der Waals surface area (Å²) in [5.74, 6) is -0.147. The fraction of sp³-hybridized carbons (Fsp3) is 0.588. The molecular weight excluding hydrogens is 349 g/mol. The van der Waals surface area contributed by atoms with Crippen LogP contribution in [0.4, 0.5) is 5.69 Å². The van der Waals surface area contributed by atoms with Gasteiger partial charge in [0, 0.05) is 37.3 Å². The van der Waals surface area contributed by atoms with Crippen LogP contribution in [-0.4, -0.2) is 42.8 Å². The molecular formula is C17H29Cl2N3O2. The van der Waals surface area contributed by atoms with Gasteiger partial charge >= 0.3 is 0 Å². The number of nitrogens with one attached hydrogen (secondary N) is 1. The Morgan fingerprint density at radius 1 is 1.38 bits per heavy atom. The molecule has 2 rings (SSSR count). The lowest BCUT2D eigenvalue weighted by molar-refractivity contribution is -0.124. The predicted molar refractivity (Wildman–Crippen MR) is 103 cm³/mol. The second-order valence-electron chi connectivity index (χ2n) is 6.11. The maximum absolute atomic E-state index is 12.1. The van der Waals surface area contributed by atoms with Gasteiger partial charge in [0.15, 0.2) is 0 Å². The SMILES string of the molecule is CCN(CCNC(=O)[C@H]1C[C@@H](N)[C@H](O)C1)c1cccc(C)c1.Cl.Cl. The molecule has 1 aromatic rings. The lowest BCUT2D eigenvalue weighted by Gasteiger charge is -2.24. The summed E-state index contributed by atoms with van der Waals surface area (Å²) >= 11 is 0. The molecule has 0 saturated heterocycles. The van der Waals surface area contributed by atoms with Crippen LogP contribution in [0.25, 0.3) is 0 Å². The van der Waals surface area contributed by atoms with Crippen LogP contribution in [0.5, 0.6) is 0 Å². The Labute approximate surface area is 156 Å². The van der Waals surface area contributed by atoms with E-state index in [2.05, 4.69) is 42.3 Å². The third kappa shape index (κ3) is 6.13. The van der Waals surface area contributed by atoms with Crippen molar-refractivity contribution in [1.82, 2.24) is 5.32 Å². The minimum absolute atomic E-state index is 0. The first-order valence-corrected chi connectivity index (χ1v) is 8.04. The minimum Gasteiger partial charge on any atom is -0.391 e. The Hall–Kier alpha value is -1.01. The fourth-order valence-corrected chi connectivity index (χ4v) is 3.02. The van der Waals surface area contributed by atoms with Crippen molar-refractivity contribution < 1.29 is 9.90 Å². The molecule has 3 atom stereocenters. The zero-order chi connectivity index (χ0) is 16.1. The molecule has 1 amide bonds. The number of hydrogen-bond acceptors (Lipinski definition) is 4. The number of amides is 1. The van der Waals surface area contributed by atoms with Crippen molar-refractivity contribution in [2.24, 2.45) is 11.7 Å². The van der Waals surface area contributed by atoms with Crippen molar-refractivity contribution in [3.8, 4) is 0 Å². The largest absolute Gasteiger partial charge is 0.391 e. The van der Waals surface area contributed by atoms with Gasteiger partial charge < -0.3 is 21.1 Å². The maximum Gasteiger partial charge on any atom is 0.223 e. The highest BCUT2D eigenvalue weighted by molar-refractivity contribution is 5.85. The summed E-state index contributed by atoms with van der Waals surface area (Å²) in [6, 6.07) is 8.10. The van der Waals surface area contributed by atoms with Crippen molar-refractivity contribution in [1.29, 1.82) is 0 Å². The number of anilines is 1. The van der Waals surface area contributed by atoms with Crippen molar-refractivity contribution in [3.05, 3.63) is 29.8 Å². The number of likely N-dealkylation sites (N-methyl/N-ethyl adjacent to an activating group) is 1. The molecule has 138 valence electrons. The van der Waals surface area contributed by atoms with Gasteiger partial charge in [-0.3, -0.25) is 4.79 Å². The van der Waals surface area contributed by atoms with E-state index in [1.807, 2.05) is 6.07 Å². The molecule has 0 heterocycles. The summed E-state index contributed by atoms with van der Waals surface area (Å²) in [4.78, 5) is 14.3. The van der Waals surface area contributed by atoms with Crippen molar-refractivity contribution >= 4 is 36.4 Å². The van der Waals surface area contributed by atoms with Crippen LogP contribution in [0.15, 0.2) is 24.3 Å². The summed E-state index contributed by atoms with van der Waals surface area (Å²) in [5.41, 5.74) is 8.16. The van der Waals surface area contributed by atoms with Gasteiger partial charge in [-0.2, -0.15) is 0 Å². The third-order valence-corrected chi connectivity index (χ3v) is 4.38. The fourth-order valence-electron chi connectivity index (χ4n) is 3.02. The number of benzene rings is 1.